The summed E-state index contributed by atoms with van der Waals surface area (Å²) in [6, 6.07) is 14.9. The number of aromatic nitrogens is 1. The summed E-state index contributed by atoms with van der Waals surface area (Å²) >= 11 is 0. The zero-order chi connectivity index (χ0) is 12.8. The Kier molecular flexibility index (Phi) is 2.37. The molecule has 90 valence electrons. The van der Waals surface area contributed by atoms with Gasteiger partial charge >= 0.3 is 0 Å². The summed E-state index contributed by atoms with van der Waals surface area (Å²) in [5.74, 6) is 0. The molecule has 0 saturated heterocycles. The van der Waals surface area contributed by atoms with Gasteiger partial charge in [-0.15, -0.1) is 0 Å². The van der Waals surface area contributed by atoms with Crippen molar-refractivity contribution in [2.45, 2.75) is 26.2 Å². The van der Waals surface area contributed by atoms with Gasteiger partial charge in [-0.3, -0.25) is 4.98 Å². The minimum absolute atomic E-state index is 0.142. The number of hydrogen-bond donors (Lipinski definition) is 0. The van der Waals surface area contributed by atoms with Gasteiger partial charge in [0.15, 0.2) is 0 Å². The highest BCUT2D eigenvalue weighted by Crippen LogP contribution is 2.33. The standard InChI is InChI=1S/C17H17N/c1-17(2,3)14-9-6-7-12-11-18-15-10-5-4-8-13(15)16(12)14/h4-11H,1-3H3. The van der Waals surface area contributed by atoms with Crippen molar-refractivity contribution in [3.8, 4) is 0 Å². The van der Waals surface area contributed by atoms with Crippen molar-refractivity contribution in [2.75, 3.05) is 0 Å². The number of hydrogen-bond acceptors (Lipinski definition) is 1. The molecule has 1 heteroatoms. The van der Waals surface area contributed by atoms with Gasteiger partial charge in [0.25, 0.3) is 0 Å². The second-order valence-electron chi connectivity index (χ2n) is 5.80. The SMILES string of the molecule is CC(C)(C)c1cccc2cnc3ccccc3c12. The monoisotopic (exact) mass is 235 g/mol. The van der Waals surface area contributed by atoms with Crippen LogP contribution in [0.15, 0.2) is 48.7 Å². The summed E-state index contributed by atoms with van der Waals surface area (Å²) in [7, 11) is 0. The third kappa shape index (κ3) is 1.67. The maximum atomic E-state index is 4.53. The van der Waals surface area contributed by atoms with Gasteiger partial charge in [-0.05, 0) is 22.4 Å². The molecule has 0 radical (unpaired) electrons. The predicted molar refractivity (Wildman–Crippen MR) is 77.9 cm³/mol. The first-order valence-corrected chi connectivity index (χ1v) is 6.34. The number of rotatable bonds is 0. The third-order valence-electron chi connectivity index (χ3n) is 3.42. The Hall–Kier alpha value is -1.89. The van der Waals surface area contributed by atoms with E-state index in [1.54, 1.807) is 0 Å². The number of pyridine rings is 1. The zero-order valence-corrected chi connectivity index (χ0v) is 11.1. The minimum Gasteiger partial charge on any atom is -0.256 e. The Bertz CT molecular complexity index is 720. The van der Waals surface area contributed by atoms with Crippen molar-refractivity contribution in [3.05, 3.63) is 54.2 Å². The molecule has 3 aromatic rings. The number of benzene rings is 2. The Labute approximate surface area is 107 Å². The molecule has 3 rings (SSSR count). The Morgan fingerprint density at radius 2 is 1.67 bits per heavy atom. The number of para-hydroxylation sites is 1. The first kappa shape index (κ1) is 11.2. The Morgan fingerprint density at radius 3 is 2.44 bits per heavy atom. The first-order chi connectivity index (χ1) is 8.57. The van der Waals surface area contributed by atoms with Gasteiger partial charge in [0.05, 0.1) is 5.52 Å². The van der Waals surface area contributed by atoms with E-state index in [1.807, 2.05) is 12.3 Å². The van der Waals surface area contributed by atoms with E-state index in [0.29, 0.717) is 0 Å². The second kappa shape index (κ2) is 3.81. The van der Waals surface area contributed by atoms with E-state index in [2.05, 4.69) is 62.2 Å². The summed E-state index contributed by atoms with van der Waals surface area (Å²) in [6.07, 6.45) is 1.98. The molecule has 2 aromatic carbocycles. The molecule has 0 aliphatic carbocycles. The molecule has 0 atom stereocenters. The quantitative estimate of drug-likeness (QED) is 0.515. The van der Waals surface area contributed by atoms with Crippen LogP contribution in [-0.4, -0.2) is 4.98 Å². The lowest BCUT2D eigenvalue weighted by Gasteiger charge is -2.22. The van der Waals surface area contributed by atoms with Crippen molar-refractivity contribution in [1.82, 2.24) is 4.98 Å². The second-order valence-corrected chi connectivity index (χ2v) is 5.80. The van der Waals surface area contributed by atoms with Crippen LogP contribution in [0.3, 0.4) is 0 Å². The van der Waals surface area contributed by atoms with Crippen molar-refractivity contribution in [1.29, 1.82) is 0 Å². The van der Waals surface area contributed by atoms with E-state index >= 15 is 0 Å². The lowest BCUT2D eigenvalue weighted by Crippen LogP contribution is -2.11. The summed E-state index contributed by atoms with van der Waals surface area (Å²) in [5, 5.41) is 3.82. The summed E-state index contributed by atoms with van der Waals surface area (Å²) in [5.41, 5.74) is 2.60. The summed E-state index contributed by atoms with van der Waals surface area (Å²) in [4.78, 5) is 4.53. The zero-order valence-electron chi connectivity index (χ0n) is 11.1. The number of fused-ring (bicyclic) bond motifs is 3. The molecule has 0 fully saturated rings. The van der Waals surface area contributed by atoms with Gasteiger partial charge in [0.2, 0.25) is 0 Å². The Morgan fingerprint density at radius 1 is 0.889 bits per heavy atom. The topological polar surface area (TPSA) is 12.9 Å². The highest BCUT2D eigenvalue weighted by Gasteiger charge is 2.17. The Balaban J connectivity index is 2.55. The molecule has 0 bridgehead atoms. The van der Waals surface area contributed by atoms with Crippen molar-refractivity contribution in [3.63, 3.8) is 0 Å². The van der Waals surface area contributed by atoms with Crippen LogP contribution >= 0.6 is 0 Å². The maximum absolute atomic E-state index is 4.53. The predicted octanol–water partition coefficient (Wildman–Crippen LogP) is 4.69. The van der Waals surface area contributed by atoms with E-state index in [-0.39, 0.29) is 5.41 Å². The molecule has 0 spiro atoms. The van der Waals surface area contributed by atoms with E-state index in [9.17, 15) is 0 Å². The molecule has 0 aliphatic rings. The molecule has 0 saturated carbocycles. The average Bonchev–Trinajstić information content (AvgIpc) is 2.36. The smallest absolute Gasteiger partial charge is 0.0708 e. The fourth-order valence-electron chi connectivity index (χ4n) is 2.54. The van der Waals surface area contributed by atoms with Gasteiger partial charge < -0.3 is 0 Å². The van der Waals surface area contributed by atoms with Gasteiger partial charge in [-0.1, -0.05) is 57.2 Å². The largest absolute Gasteiger partial charge is 0.256 e. The van der Waals surface area contributed by atoms with Crippen molar-refractivity contribution in [2.24, 2.45) is 0 Å². The number of nitrogens with zero attached hydrogens (tertiary/aromatic N) is 1. The normalized spacial score (nSPS) is 12.2. The molecule has 18 heavy (non-hydrogen) atoms. The molecule has 0 unspecified atom stereocenters. The molecular weight excluding hydrogens is 218 g/mol. The van der Waals surface area contributed by atoms with Crippen LogP contribution in [0.5, 0.6) is 0 Å². The highest BCUT2D eigenvalue weighted by molar-refractivity contribution is 6.07. The van der Waals surface area contributed by atoms with Crippen LogP contribution < -0.4 is 0 Å². The molecule has 0 aliphatic heterocycles. The molecule has 0 amide bonds. The van der Waals surface area contributed by atoms with Gasteiger partial charge in [0, 0.05) is 17.0 Å². The van der Waals surface area contributed by atoms with Crippen molar-refractivity contribution < 1.29 is 0 Å². The van der Waals surface area contributed by atoms with Crippen LogP contribution in [0.25, 0.3) is 21.7 Å². The van der Waals surface area contributed by atoms with Gasteiger partial charge in [-0.2, -0.15) is 0 Å². The third-order valence-corrected chi connectivity index (χ3v) is 3.42. The van der Waals surface area contributed by atoms with Crippen LogP contribution in [0, 0.1) is 0 Å². The van der Waals surface area contributed by atoms with Crippen molar-refractivity contribution >= 4 is 21.7 Å². The van der Waals surface area contributed by atoms with E-state index in [0.717, 1.165) is 5.52 Å². The lowest BCUT2D eigenvalue weighted by molar-refractivity contribution is 0.596. The molecular formula is C17H17N. The van der Waals surface area contributed by atoms with Crippen LogP contribution in [0.4, 0.5) is 0 Å². The molecule has 0 N–H and O–H groups in total. The molecule has 1 heterocycles. The molecule has 1 nitrogen and oxygen atoms in total. The summed E-state index contributed by atoms with van der Waals surface area (Å²) < 4.78 is 0. The van der Waals surface area contributed by atoms with E-state index < -0.39 is 0 Å². The van der Waals surface area contributed by atoms with E-state index in [1.165, 1.54) is 21.7 Å². The maximum Gasteiger partial charge on any atom is 0.0708 e. The van der Waals surface area contributed by atoms with Gasteiger partial charge in [-0.25, -0.2) is 0 Å². The van der Waals surface area contributed by atoms with E-state index in [4.69, 9.17) is 0 Å². The minimum atomic E-state index is 0.142. The van der Waals surface area contributed by atoms with Crippen LogP contribution in [0.2, 0.25) is 0 Å². The summed E-state index contributed by atoms with van der Waals surface area (Å²) in [6.45, 7) is 6.78. The highest BCUT2D eigenvalue weighted by atomic mass is 14.6. The fraction of sp³-hybridized carbons (Fsp3) is 0.235. The molecule has 1 aromatic heterocycles. The lowest BCUT2D eigenvalue weighted by atomic mass is 9.83. The van der Waals surface area contributed by atoms with Crippen LogP contribution in [-0.2, 0) is 5.41 Å². The van der Waals surface area contributed by atoms with Gasteiger partial charge in [0.1, 0.15) is 0 Å². The fourth-order valence-corrected chi connectivity index (χ4v) is 2.54. The first-order valence-electron chi connectivity index (χ1n) is 6.34. The van der Waals surface area contributed by atoms with Crippen LogP contribution in [0.1, 0.15) is 26.3 Å². The average molecular weight is 235 g/mol.